The van der Waals surface area contributed by atoms with Crippen LogP contribution in [-0.2, 0) is 65.4 Å². The highest BCUT2D eigenvalue weighted by Gasteiger charge is 2.30. The van der Waals surface area contributed by atoms with Crippen LogP contribution in [0.3, 0.4) is 0 Å². The lowest BCUT2D eigenvalue weighted by atomic mass is 9.99. The van der Waals surface area contributed by atoms with E-state index in [0.717, 1.165) is 114 Å². The summed E-state index contributed by atoms with van der Waals surface area (Å²) in [6, 6.07) is 0. The predicted octanol–water partition coefficient (Wildman–Crippen LogP) is 23.4. The zero-order valence-corrected chi connectivity index (χ0v) is 66.0. The highest BCUT2D eigenvalue weighted by Crippen LogP contribution is 2.45. The summed E-state index contributed by atoms with van der Waals surface area (Å²) < 4.78 is 68.4. The molecule has 3 N–H and O–H groups in total. The van der Waals surface area contributed by atoms with Crippen LogP contribution in [0.5, 0.6) is 0 Å². The molecule has 0 heterocycles. The number of ether oxygens (including phenoxy) is 4. The fourth-order valence-corrected chi connectivity index (χ4v) is 13.6. The van der Waals surface area contributed by atoms with E-state index in [2.05, 4.69) is 48.5 Å². The molecule has 17 nitrogen and oxygen atoms in total. The molecule has 0 fully saturated rings. The summed E-state index contributed by atoms with van der Waals surface area (Å²) in [7, 11) is -9.91. The first-order chi connectivity index (χ1) is 47.3. The number of esters is 4. The topological polar surface area (TPSA) is 237 Å². The molecule has 0 spiro atoms. The summed E-state index contributed by atoms with van der Waals surface area (Å²) in [6.07, 6.45) is 57.4. The fourth-order valence-electron chi connectivity index (χ4n) is 12.1. The third-order valence-corrected chi connectivity index (χ3v) is 21.0. The first kappa shape index (κ1) is 96.1. The Morgan fingerprint density at radius 2 is 0.520 bits per heavy atom. The number of carbonyl (C=O) groups is 4. The predicted molar refractivity (Wildman–Crippen MR) is 400 cm³/mol. The lowest BCUT2D eigenvalue weighted by molar-refractivity contribution is -0.161. The molecule has 0 saturated carbocycles. The third kappa shape index (κ3) is 69.8. The molecule has 0 aromatic carbocycles. The van der Waals surface area contributed by atoms with Gasteiger partial charge in [-0.15, -0.1) is 0 Å². The van der Waals surface area contributed by atoms with Crippen molar-refractivity contribution in [3.63, 3.8) is 0 Å². The average molecular weight is 1440 g/mol. The Balaban J connectivity index is 5.12. The SMILES string of the molecule is CCCCCCCC(=O)OC[C@H](COP(=O)(O)OC[C@H](O)COP(=O)(O)OC[C@@H](COC(=O)CCCCCCCCCCCCCCCCCCC(C)C)OC(=O)CCCCCCCCCCCCCCCCCCCCC(C)CC)OC(=O)CCCCCCCCCCC(C)CC. The molecular formula is C79H154O17P2. The number of hydrogen-bond acceptors (Lipinski definition) is 15. The number of aliphatic hydroxyl groups excluding tert-OH is 1. The summed E-state index contributed by atoms with van der Waals surface area (Å²) in [5.41, 5.74) is 0. The van der Waals surface area contributed by atoms with E-state index in [9.17, 15) is 43.2 Å². The number of phosphoric ester groups is 2. The van der Waals surface area contributed by atoms with Gasteiger partial charge in [0.05, 0.1) is 26.4 Å². The Labute approximate surface area is 600 Å². The van der Waals surface area contributed by atoms with Crippen molar-refractivity contribution >= 4 is 39.5 Å². The molecule has 582 valence electrons. The van der Waals surface area contributed by atoms with Gasteiger partial charge >= 0.3 is 39.5 Å². The van der Waals surface area contributed by atoms with Crippen LogP contribution in [0.15, 0.2) is 0 Å². The van der Waals surface area contributed by atoms with Gasteiger partial charge in [-0.1, -0.05) is 357 Å². The highest BCUT2D eigenvalue weighted by atomic mass is 31.2. The van der Waals surface area contributed by atoms with E-state index >= 15 is 0 Å². The molecular weight excluding hydrogens is 1280 g/mol. The largest absolute Gasteiger partial charge is 0.472 e. The zero-order valence-electron chi connectivity index (χ0n) is 64.3. The number of hydrogen-bond donors (Lipinski definition) is 3. The molecule has 0 aromatic rings. The van der Waals surface area contributed by atoms with Crippen molar-refractivity contribution in [3.05, 3.63) is 0 Å². The molecule has 19 heteroatoms. The van der Waals surface area contributed by atoms with E-state index in [-0.39, 0.29) is 25.7 Å². The number of rotatable bonds is 77. The molecule has 7 atom stereocenters. The summed E-state index contributed by atoms with van der Waals surface area (Å²) in [4.78, 5) is 72.6. The molecule has 98 heavy (non-hydrogen) atoms. The minimum Gasteiger partial charge on any atom is -0.462 e. The van der Waals surface area contributed by atoms with Crippen LogP contribution < -0.4 is 0 Å². The van der Waals surface area contributed by atoms with Crippen LogP contribution in [0.1, 0.15) is 408 Å². The first-order valence-corrected chi connectivity index (χ1v) is 43.9. The fraction of sp³-hybridized carbons (Fsp3) is 0.949. The molecule has 4 unspecified atom stereocenters. The van der Waals surface area contributed by atoms with E-state index in [4.69, 9.17) is 37.0 Å². The smallest absolute Gasteiger partial charge is 0.462 e. The second-order valence-electron chi connectivity index (χ2n) is 29.4. The van der Waals surface area contributed by atoms with E-state index < -0.39 is 97.5 Å². The van der Waals surface area contributed by atoms with Crippen LogP contribution in [0, 0.1) is 17.8 Å². The van der Waals surface area contributed by atoms with Gasteiger partial charge in [0.15, 0.2) is 12.2 Å². The van der Waals surface area contributed by atoms with Crippen LogP contribution in [0.4, 0.5) is 0 Å². The van der Waals surface area contributed by atoms with Gasteiger partial charge in [0, 0.05) is 25.7 Å². The summed E-state index contributed by atoms with van der Waals surface area (Å²) in [6.45, 7) is 11.9. The van der Waals surface area contributed by atoms with E-state index in [1.54, 1.807) is 0 Å². The Bertz CT molecular complexity index is 1910. The third-order valence-electron chi connectivity index (χ3n) is 19.1. The number of phosphoric acid groups is 2. The van der Waals surface area contributed by atoms with Crippen molar-refractivity contribution in [3.8, 4) is 0 Å². The molecule has 0 rings (SSSR count). The van der Waals surface area contributed by atoms with Gasteiger partial charge in [0.2, 0.25) is 0 Å². The first-order valence-electron chi connectivity index (χ1n) is 40.9. The van der Waals surface area contributed by atoms with Crippen molar-refractivity contribution in [2.75, 3.05) is 39.6 Å². The monoisotopic (exact) mass is 1440 g/mol. The summed E-state index contributed by atoms with van der Waals surface area (Å²) >= 11 is 0. The molecule has 0 saturated heterocycles. The van der Waals surface area contributed by atoms with Crippen molar-refractivity contribution in [2.24, 2.45) is 17.8 Å². The lowest BCUT2D eigenvalue weighted by Crippen LogP contribution is -2.30. The molecule has 0 amide bonds. The Morgan fingerprint density at radius 3 is 0.776 bits per heavy atom. The second kappa shape index (κ2) is 69.4. The summed E-state index contributed by atoms with van der Waals surface area (Å²) in [5, 5.41) is 10.6. The minimum absolute atomic E-state index is 0.104. The molecule has 0 aliphatic rings. The highest BCUT2D eigenvalue weighted by molar-refractivity contribution is 7.47. The summed E-state index contributed by atoms with van der Waals surface area (Å²) in [5.74, 6) is 0.326. The van der Waals surface area contributed by atoms with E-state index in [0.29, 0.717) is 25.7 Å². The molecule has 0 aromatic heterocycles. The van der Waals surface area contributed by atoms with Crippen molar-refractivity contribution in [1.82, 2.24) is 0 Å². The average Bonchev–Trinajstić information content (AvgIpc) is 1.24. The maximum Gasteiger partial charge on any atom is 0.472 e. The number of aliphatic hydroxyl groups is 1. The van der Waals surface area contributed by atoms with Gasteiger partial charge in [-0.3, -0.25) is 37.3 Å². The normalized spacial score (nSPS) is 14.6. The maximum atomic E-state index is 13.1. The molecule has 0 aliphatic carbocycles. The standard InChI is InChI=1S/C79H154O17P2/c1-8-11-12-43-53-60-76(81)89-66-74(95-79(84)63-56-49-42-36-35-39-46-52-59-72(7)10-3)68-93-97(85,86)91-64-73(80)65-92-98(87,88)94-69-75(67-90-77(82)61-54-47-40-33-29-25-21-18-17-19-23-27-31-37-44-50-57-70(4)5)96-78(83)62-55-48-41-34-30-26-22-16-14-13-15-20-24-28-32-38-45-51-58-71(6)9-2/h70-75,80H,8-69H2,1-7H3,(H,85,86)(H,87,88)/t71?,72?,73-,74+,75+/m0/s1. The van der Waals surface area contributed by atoms with Gasteiger partial charge in [-0.25, -0.2) is 9.13 Å². The Morgan fingerprint density at radius 1 is 0.296 bits per heavy atom. The number of carbonyl (C=O) groups excluding carboxylic acids is 4. The van der Waals surface area contributed by atoms with Crippen molar-refractivity contribution in [1.29, 1.82) is 0 Å². The second-order valence-corrected chi connectivity index (χ2v) is 32.3. The lowest BCUT2D eigenvalue weighted by Gasteiger charge is -2.21. The molecule has 0 aliphatic heterocycles. The van der Waals surface area contributed by atoms with E-state index in [1.807, 2.05) is 0 Å². The van der Waals surface area contributed by atoms with Crippen LogP contribution >= 0.6 is 15.6 Å². The van der Waals surface area contributed by atoms with Crippen molar-refractivity contribution < 1.29 is 80.2 Å². The van der Waals surface area contributed by atoms with Gasteiger partial charge in [0.25, 0.3) is 0 Å². The van der Waals surface area contributed by atoms with Gasteiger partial charge in [-0.2, -0.15) is 0 Å². The van der Waals surface area contributed by atoms with Crippen LogP contribution in [0.25, 0.3) is 0 Å². The Kier molecular flexibility index (Phi) is 68.1. The molecule has 0 radical (unpaired) electrons. The van der Waals surface area contributed by atoms with Gasteiger partial charge in [-0.05, 0) is 43.4 Å². The maximum absolute atomic E-state index is 13.1. The Hall–Kier alpha value is -1.94. The van der Waals surface area contributed by atoms with E-state index in [1.165, 1.54) is 212 Å². The zero-order chi connectivity index (χ0) is 72.3. The quantitative estimate of drug-likeness (QED) is 0.0222. The van der Waals surface area contributed by atoms with Gasteiger partial charge in [0.1, 0.15) is 19.3 Å². The van der Waals surface area contributed by atoms with Crippen LogP contribution in [-0.4, -0.2) is 96.7 Å². The number of unbranched alkanes of at least 4 members (excludes halogenated alkanes) is 43. The molecule has 0 bridgehead atoms. The van der Waals surface area contributed by atoms with Crippen LogP contribution in [0.2, 0.25) is 0 Å². The van der Waals surface area contributed by atoms with Gasteiger partial charge < -0.3 is 33.8 Å². The van der Waals surface area contributed by atoms with Crippen molar-refractivity contribution in [2.45, 2.75) is 426 Å². The minimum atomic E-state index is -4.96.